The van der Waals surface area contributed by atoms with Crippen LogP contribution in [0.2, 0.25) is 0 Å². The van der Waals surface area contributed by atoms with Gasteiger partial charge in [-0.25, -0.2) is 4.79 Å². The average molecular weight is 395 g/mol. The quantitative estimate of drug-likeness (QED) is 0.754. The van der Waals surface area contributed by atoms with Crippen LogP contribution in [0.1, 0.15) is 23.5 Å². The van der Waals surface area contributed by atoms with Crippen molar-refractivity contribution in [3.05, 3.63) is 59.7 Å². The number of carbonyl (C=O) groups excluding carboxylic acids is 1. The molecule has 4 rings (SSSR count). The van der Waals surface area contributed by atoms with Crippen molar-refractivity contribution in [2.75, 3.05) is 19.7 Å². The molecule has 0 saturated carbocycles. The molecule has 0 radical (unpaired) electrons. The minimum atomic E-state index is -1.51. The third-order valence-corrected chi connectivity index (χ3v) is 5.82. The Morgan fingerprint density at radius 2 is 1.52 bits per heavy atom. The molecule has 1 unspecified atom stereocenters. The molecule has 1 heterocycles. The van der Waals surface area contributed by atoms with Gasteiger partial charge in [0.25, 0.3) is 0 Å². The first kappa shape index (κ1) is 19.0. The average Bonchev–Trinajstić information content (AvgIpc) is 3.29. The Balaban J connectivity index is 1.43. The predicted octanol–water partition coefficient (Wildman–Crippen LogP) is 3.04. The zero-order valence-corrected chi connectivity index (χ0v) is 15.7. The van der Waals surface area contributed by atoms with Crippen molar-refractivity contribution >= 4 is 18.0 Å². The van der Waals surface area contributed by atoms with Crippen LogP contribution in [-0.2, 0) is 14.3 Å². The molecule has 0 bridgehead atoms. The van der Waals surface area contributed by atoms with E-state index in [1.54, 1.807) is 0 Å². The van der Waals surface area contributed by atoms with E-state index in [4.69, 9.17) is 14.9 Å². The van der Waals surface area contributed by atoms with E-state index in [0.717, 1.165) is 22.3 Å². The van der Waals surface area contributed by atoms with E-state index in [1.165, 1.54) is 4.90 Å². The normalized spacial score (nSPS) is 17.8. The number of amides is 1. The van der Waals surface area contributed by atoms with Crippen LogP contribution < -0.4 is 0 Å². The van der Waals surface area contributed by atoms with Crippen molar-refractivity contribution in [1.82, 2.24) is 4.90 Å². The topological polar surface area (TPSA) is 104 Å². The maximum absolute atomic E-state index is 12.5. The maximum atomic E-state index is 12.5. The van der Waals surface area contributed by atoms with Crippen molar-refractivity contribution in [3.8, 4) is 11.1 Å². The summed E-state index contributed by atoms with van der Waals surface area (Å²) < 4.78 is 5.56. The Kier molecular flexibility index (Phi) is 4.96. The Hall–Kier alpha value is -3.35. The third kappa shape index (κ3) is 3.44. The number of carboxylic acids is 2. The second-order valence-electron chi connectivity index (χ2n) is 7.45. The Morgan fingerprint density at radius 1 is 0.966 bits per heavy atom. The van der Waals surface area contributed by atoms with Gasteiger partial charge in [0.15, 0.2) is 5.92 Å². The Morgan fingerprint density at radius 3 is 2.07 bits per heavy atom. The molecule has 2 aromatic rings. The van der Waals surface area contributed by atoms with Gasteiger partial charge >= 0.3 is 18.0 Å². The van der Waals surface area contributed by atoms with Crippen LogP contribution in [0.5, 0.6) is 0 Å². The highest BCUT2D eigenvalue weighted by Gasteiger charge is 2.41. The maximum Gasteiger partial charge on any atom is 0.409 e. The predicted molar refractivity (Wildman–Crippen MR) is 104 cm³/mol. The summed E-state index contributed by atoms with van der Waals surface area (Å²) in [5.41, 5.74) is 4.49. The van der Waals surface area contributed by atoms with E-state index < -0.39 is 29.9 Å². The fraction of sp³-hybridized carbons (Fsp3) is 0.318. The zero-order valence-electron chi connectivity index (χ0n) is 15.7. The summed E-state index contributed by atoms with van der Waals surface area (Å²) in [6.45, 7) is 0.535. The number of fused-ring (bicyclic) bond motifs is 3. The summed E-state index contributed by atoms with van der Waals surface area (Å²) >= 11 is 0. The zero-order chi connectivity index (χ0) is 20.5. The molecule has 1 aliphatic heterocycles. The molecule has 2 aliphatic rings. The summed E-state index contributed by atoms with van der Waals surface area (Å²) in [6, 6.07) is 16.1. The standard InChI is InChI=1S/C22H21NO6/c24-20(25)19(21(26)27)13-9-10-23(11-13)22(28)29-12-18-16-7-3-1-5-14(16)15-6-2-4-8-17(15)18/h1-8,13,18-19H,9-12H2,(H,24,25)(H,26,27). The number of ether oxygens (including phenoxy) is 1. The van der Waals surface area contributed by atoms with E-state index in [-0.39, 0.29) is 19.1 Å². The molecule has 1 aliphatic carbocycles. The fourth-order valence-electron chi connectivity index (χ4n) is 4.42. The lowest BCUT2D eigenvalue weighted by Gasteiger charge is -2.20. The molecule has 150 valence electrons. The molecule has 1 fully saturated rings. The monoisotopic (exact) mass is 395 g/mol. The lowest BCUT2D eigenvalue weighted by molar-refractivity contribution is -0.157. The number of aliphatic carboxylic acids is 2. The van der Waals surface area contributed by atoms with Gasteiger partial charge in [0, 0.05) is 24.9 Å². The van der Waals surface area contributed by atoms with Gasteiger partial charge < -0.3 is 19.8 Å². The third-order valence-electron chi connectivity index (χ3n) is 5.82. The lowest BCUT2D eigenvalue weighted by Crippen LogP contribution is -2.35. The molecule has 0 aromatic heterocycles. The van der Waals surface area contributed by atoms with Crippen LogP contribution >= 0.6 is 0 Å². The molecule has 2 aromatic carbocycles. The molecule has 0 spiro atoms. The van der Waals surface area contributed by atoms with Gasteiger partial charge in [-0.3, -0.25) is 9.59 Å². The molecule has 1 amide bonds. The number of likely N-dealkylation sites (tertiary alicyclic amines) is 1. The van der Waals surface area contributed by atoms with Crippen molar-refractivity contribution < 1.29 is 29.3 Å². The van der Waals surface area contributed by atoms with Crippen molar-refractivity contribution in [2.45, 2.75) is 12.3 Å². The summed E-state index contributed by atoms with van der Waals surface area (Å²) in [5.74, 6) is -4.95. The number of benzene rings is 2. The van der Waals surface area contributed by atoms with Crippen molar-refractivity contribution in [2.24, 2.45) is 11.8 Å². The van der Waals surface area contributed by atoms with E-state index >= 15 is 0 Å². The Labute approximate surface area is 167 Å². The molecule has 1 saturated heterocycles. The van der Waals surface area contributed by atoms with Gasteiger partial charge in [-0.2, -0.15) is 0 Å². The van der Waals surface area contributed by atoms with Gasteiger partial charge in [-0.05, 0) is 28.7 Å². The Bertz CT molecular complexity index is 912. The van der Waals surface area contributed by atoms with Gasteiger partial charge in [0.1, 0.15) is 6.61 Å². The molecule has 2 N–H and O–H groups in total. The largest absolute Gasteiger partial charge is 0.481 e. The summed E-state index contributed by atoms with van der Waals surface area (Å²) in [5, 5.41) is 18.3. The van der Waals surface area contributed by atoms with Crippen LogP contribution in [0.4, 0.5) is 4.79 Å². The molecular formula is C22H21NO6. The van der Waals surface area contributed by atoms with E-state index in [2.05, 4.69) is 12.1 Å². The van der Waals surface area contributed by atoms with Crippen LogP contribution in [0.15, 0.2) is 48.5 Å². The number of rotatable bonds is 5. The number of hydrogen-bond acceptors (Lipinski definition) is 4. The van der Waals surface area contributed by atoms with Crippen molar-refractivity contribution in [3.63, 3.8) is 0 Å². The second-order valence-corrected chi connectivity index (χ2v) is 7.45. The summed E-state index contributed by atoms with van der Waals surface area (Å²) in [7, 11) is 0. The summed E-state index contributed by atoms with van der Waals surface area (Å²) in [6.07, 6.45) is -0.211. The van der Waals surface area contributed by atoms with Crippen LogP contribution in [0, 0.1) is 11.8 Å². The van der Waals surface area contributed by atoms with E-state index in [9.17, 15) is 14.4 Å². The smallest absolute Gasteiger partial charge is 0.409 e. The van der Waals surface area contributed by atoms with Gasteiger partial charge in [-0.15, -0.1) is 0 Å². The molecule has 7 heteroatoms. The number of hydrogen-bond donors (Lipinski definition) is 2. The highest BCUT2D eigenvalue weighted by atomic mass is 16.6. The first-order chi connectivity index (χ1) is 14.0. The molecule has 29 heavy (non-hydrogen) atoms. The van der Waals surface area contributed by atoms with Gasteiger partial charge in [-0.1, -0.05) is 48.5 Å². The minimum Gasteiger partial charge on any atom is -0.481 e. The number of carboxylic acid groups (broad SMARTS) is 2. The highest BCUT2D eigenvalue weighted by Crippen LogP contribution is 2.44. The first-order valence-electron chi connectivity index (χ1n) is 9.53. The van der Waals surface area contributed by atoms with Crippen molar-refractivity contribution in [1.29, 1.82) is 0 Å². The van der Waals surface area contributed by atoms with Crippen LogP contribution in [0.25, 0.3) is 11.1 Å². The fourth-order valence-corrected chi connectivity index (χ4v) is 4.42. The minimum absolute atomic E-state index is 0.0597. The molecule has 1 atom stereocenters. The van der Waals surface area contributed by atoms with Gasteiger partial charge in [0.2, 0.25) is 0 Å². The molecular weight excluding hydrogens is 374 g/mol. The van der Waals surface area contributed by atoms with Crippen LogP contribution in [0.3, 0.4) is 0 Å². The number of carbonyl (C=O) groups is 3. The summed E-state index contributed by atoms with van der Waals surface area (Å²) in [4.78, 5) is 36.4. The number of nitrogens with zero attached hydrogens (tertiary/aromatic N) is 1. The van der Waals surface area contributed by atoms with Gasteiger partial charge in [0.05, 0.1) is 0 Å². The highest BCUT2D eigenvalue weighted by molar-refractivity contribution is 5.93. The lowest BCUT2D eigenvalue weighted by atomic mass is 9.92. The second kappa shape index (κ2) is 7.58. The molecule has 7 nitrogen and oxygen atoms in total. The SMILES string of the molecule is O=C(O)C(C(=O)O)C1CCN(C(=O)OCC2c3ccccc3-c3ccccc32)C1. The van der Waals surface area contributed by atoms with E-state index in [0.29, 0.717) is 13.0 Å². The van der Waals surface area contributed by atoms with E-state index in [1.807, 2.05) is 36.4 Å². The first-order valence-corrected chi connectivity index (χ1v) is 9.53. The van der Waals surface area contributed by atoms with Crippen LogP contribution in [-0.4, -0.2) is 52.8 Å².